The molecule has 0 amide bonds. The maximum atomic E-state index is 3.67. The molecule has 21 heavy (non-hydrogen) atoms. The van der Waals surface area contributed by atoms with Gasteiger partial charge in [0.2, 0.25) is 0 Å². The van der Waals surface area contributed by atoms with Crippen LogP contribution in [0.5, 0.6) is 0 Å². The van der Waals surface area contributed by atoms with Crippen molar-refractivity contribution in [3.05, 3.63) is 70.8 Å². The van der Waals surface area contributed by atoms with Gasteiger partial charge >= 0.3 is 0 Å². The molecule has 2 aromatic rings. The minimum absolute atomic E-state index is 0.130. The highest BCUT2D eigenvalue weighted by Gasteiger charge is 2.19. The summed E-state index contributed by atoms with van der Waals surface area (Å²) in [7, 11) is 0. The highest BCUT2D eigenvalue weighted by atomic mass is 14.9. The molecule has 0 aliphatic carbocycles. The van der Waals surface area contributed by atoms with Crippen LogP contribution in [-0.4, -0.2) is 12.1 Å². The minimum Gasteiger partial charge on any atom is -0.311 e. The lowest BCUT2D eigenvalue weighted by Gasteiger charge is -2.27. The summed E-state index contributed by atoms with van der Waals surface area (Å²) < 4.78 is 0. The Bertz CT molecular complexity index is 579. The Morgan fingerprint density at radius 1 is 0.952 bits per heavy atom. The van der Waals surface area contributed by atoms with E-state index in [-0.39, 0.29) is 5.54 Å². The summed E-state index contributed by atoms with van der Waals surface area (Å²) in [5, 5.41) is 3.67. The molecule has 0 saturated carbocycles. The molecule has 0 aliphatic rings. The SMILES string of the molecule is Cc1ccc(C)c(C(CNC(C)(C)C)c2ccccc2)c1. The van der Waals surface area contributed by atoms with Crippen LogP contribution in [0.4, 0.5) is 0 Å². The Morgan fingerprint density at radius 2 is 1.62 bits per heavy atom. The second-order valence-corrected chi connectivity index (χ2v) is 6.95. The van der Waals surface area contributed by atoms with Gasteiger partial charge < -0.3 is 5.32 Å². The van der Waals surface area contributed by atoms with Crippen molar-refractivity contribution in [2.24, 2.45) is 0 Å². The molecule has 0 bridgehead atoms. The van der Waals surface area contributed by atoms with E-state index in [9.17, 15) is 0 Å². The van der Waals surface area contributed by atoms with Gasteiger partial charge in [-0.05, 0) is 51.3 Å². The molecular weight excluding hydrogens is 254 g/mol. The van der Waals surface area contributed by atoms with E-state index in [1.54, 1.807) is 0 Å². The zero-order valence-electron chi connectivity index (χ0n) is 13.9. The summed E-state index contributed by atoms with van der Waals surface area (Å²) in [6, 6.07) is 17.6. The van der Waals surface area contributed by atoms with Gasteiger partial charge in [0.25, 0.3) is 0 Å². The third-order valence-electron chi connectivity index (χ3n) is 3.85. The van der Waals surface area contributed by atoms with Gasteiger partial charge in [-0.1, -0.05) is 54.1 Å². The molecule has 0 saturated heterocycles. The number of nitrogens with one attached hydrogen (secondary N) is 1. The van der Waals surface area contributed by atoms with Gasteiger partial charge in [-0.3, -0.25) is 0 Å². The molecular formula is C20H27N. The molecule has 1 atom stereocenters. The number of hydrogen-bond acceptors (Lipinski definition) is 1. The molecule has 1 heteroatoms. The number of benzene rings is 2. The Balaban J connectivity index is 2.38. The predicted molar refractivity (Wildman–Crippen MR) is 92.0 cm³/mol. The average Bonchev–Trinajstić information content (AvgIpc) is 2.43. The normalized spacial score (nSPS) is 13.2. The monoisotopic (exact) mass is 281 g/mol. The van der Waals surface area contributed by atoms with Crippen molar-refractivity contribution < 1.29 is 0 Å². The number of aryl methyl sites for hydroxylation is 2. The number of rotatable bonds is 4. The molecule has 0 aromatic heterocycles. The molecule has 0 spiro atoms. The summed E-state index contributed by atoms with van der Waals surface area (Å²) in [4.78, 5) is 0. The minimum atomic E-state index is 0.130. The van der Waals surface area contributed by atoms with Gasteiger partial charge in [-0.25, -0.2) is 0 Å². The van der Waals surface area contributed by atoms with Crippen molar-refractivity contribution in [3.8, 4) is 0 Å². The van der Waals surface area contributed by atoms with Gasteiger partial charge in [-0.2, -0.15) is 0 Å². The maximum absolute atomic E-state index is 3.67. The fourth-order valence-electron chi connectivity index (χ4n) is 2.64. The maximum Gasteiger partial charge on any atom is 0.0217 e. The van der Waals surface area contributed by atoms with Crippen LogP contribution in [0.1, 0.15) is 48.9 Å². The van der Waals surface area contributed by atoms with Crippen LogP contribution in [-0.2, 0) is 0 Å². The van der Waals surface area contributed by atoms with Crippen molar-refractivity contribution in [1.29, 1.82) is 0 Å². The van der Waals surface area contributed by atoms with Crippen LogP contribution in [0.15, 0.2) is 48.5 Å². The van der Waals surface area contributed by atoms with Gasteiger partial charge in [0, 0.05) is 18.0 Å². The first-order valence-corrected chi connectivity index (χ1v) is 7.74. The molecule has 1 nitrogen and oxygen atoms in total. The second kappa shape index (κ2) is 6.44. The Kier molecular flexibility index (Phi) is 4.84. The quantitative estimate of drug-likeness (QED) is 0.847. The Hall–Kier alpha value is -1.60. The van der Waals surface area contributed by atoms with Crippen molar-refractivity contribution in [3.63, 3.8) is 0 Å². The molecule has 2 aromatic carbocycles. The van der Waals surface area contributed by atoms with Gasteiger partial charge in [0.15, 0.2) is 0 Å². The largest absolute Gasteiger partial charge is 0.311 e. The second-order valence-electron chi connectivity index (χ2n) is 6.95. The van der Waals surface area contributed by atoms with Crippen molar-refractivity contribution in [2.45, 2.75) is 46.1 Å². The number of hydrogen-bond donors (Lipinski definition) is 1. The molecule has 1 N–H and O–H groups in total. The van der Waals surface area contributed by atoms with E-state index < -0.39 is 0 Å². The highest BCUT2D eigenvalue weighted by Crippen LogP contribution is 2.28. The third-order valence-corrected chi connectivity index (χ3v) is 3.85. The summed E-state index contributed by atoms with van der Waals surface area (Å²) in [6.07, 6.45) is 0. The zero-order chi connectivity index (χ0) is 15.5. The summed E-state index contributed by atoms with van der Waals surface area (Å²) in [5.74, 6) is 0.394. The highest BCUT2D eigenvalue weighted by molar-refractivity contribution is 5.40. The lowest BCUT2D eigenvalue weighted by molar-refractivity contribution is 0.417. The van der Waals surface area contributed by atoms with E-state index in [1.165, 1.54) is 22.3 Å². The smallest absolute Gasteiger partial charge is 0.0217 e. The molecule has 112 valence electrons. The van der Waals surface area contributed by atoms with Gasteiger partial charge in [-0.15, -0.1) is 0 Å². The van der Waals surface area contributed by atoms with E-state index in [0.717, 1.165) is 6.54 Å². The van der Waals surface area contributed by atoms with Crippen molar-refractivity contribution in [2.75, 3.05) is 6.54 Å². The third kappa shape index (κ3) is 4.44. The van der Waals surface area contributed by atoms with E-state index >= 15 is 0 Å². The molecule has 0 heterocycles. The van der Waals surface area contributed by atoms with Crippen molar-refractivity contribution in [1.82, 2.24) is 5.32 Å². The van der Waals surface area contributed by atoms with Crippen LogP contribution in [0.25, 0.3) is 0 Å². The molecule has 1 unspecified atom stereocenters. The van der Waals surface area contributed by atoms with Crippen LogP contribution in [0, 0.1) is 13.8 Å². The fourth-order valence-corrected chi connectivity index (χ4v) is 2.64. The van der Waals surface area contributed by atoms with Crippen LogP contribution in [0.3, 0.4) is 0 Å². The lowest BCUT2D eigenvalue weighted by Crippen LogP contribution is -2.38. The van der Waals surface area contributed by atoms with Gasteiger partial charge in [0.05, 0.1) is 0 Å². The first kappa shape index (κ1) is 15.8. The van der Waals surface area contributed by atoms with E-state index in [2.05, 4.69) is 88.5 Å². The van der Waals surface area contributed by atoms with Crippen molar-refractivity contribution >= 4 is 0 Å². The van der Waals surface area contributed by atoms with Crippen LogP contribution < -0.4 is 5.32 Å². The van der Waals surface area contributed by atoms with Crippen LogP contribution >= 0.6 is 0 Å². The molecule has 0 radical (unpaired) electrons. The molecule has 2 rings (SSSR count). The first-order chi connectivity index (χ1) is 9.87. The first-order valence-electron chi connectivity index (χ1n) is 7.74. The zero-order valence-corrected chi connectivity index (χ0v) is 13.9. The average molecular weight is 281 g/mol. The van der Waals surface area contributed by atoms with E-state index in [4.69, 9.17) is 0 Å². The standard InChI is InChI=1S/C20H27N/c1-15-11-12-16(2)18(13-15)19(14-21-20(3,4)5)17-9-7-6-8-10-17/h6-13,19,21H,14H2,1-5H3. The van der Waals surface area contributed by atoms with Crippen LogP contribution in [0.2, 0.25) is 0 Å². The van der Waals surface area contributed by atoms with Gasteiger partial charge in [0.1, 0.15) is 0 Å². The molecule has 0 aliphatic heterocycles. The molecule has 0 fully saturated rings. The van der Waals surface area contributed by atoms with E-state index in [1.807, 2.05) is 0 Å². The topological polar surface area (TPSA) is 12.0 Å². The Labute approximate surface area is 129 Å². The summed E-state index contributed by atoms with van der Waals surface area (Å²) in [5.41, 5.74) is 5.63. The Morgan fingerprint density at radius 3 is 2.24 bits per heavy atom. The predicted octanol–water partition coefficient (Wildman–Crippen LogP) is 4.82. The lowest BCUT2D eigenvalue weighted by atomic mass is 9.87. The fraction of sp³-hybridized carbons (Fsp3) is 0.400. The summed E-state index contributed by atoms with van der Waals surface area (Å²) in [6.45, 7) is 12.0. The summed E-state index contributed by atoms with van der Waals surface area (Å²) >= 11 is 0. The van der Waals surface area contributed by atoms with E-state index in [0.29, 0.717) is 5.92 Å².